The molecule has 0 radical (unpaired) electrons. The molecule has 49 heavy (non-hydrogen) atoms. The second-order valence-electron chi connectivity index (χ2n) is 12.9. The molecule has 3 unspecified atom stereocenters. The van der Waals surface area contributed by atoms with Crippen LogP contribution in [0.3, 0.4) is 0 Å². The maximum Gasteiger partial charge on any atom is 0.472 e. The van der Waals surface area contributed by atoms with Crippen LogP contribution < -0.4 is 0 Å². The number of allylic oxidation sites excluding steroid dienone is 6. The number of carbonyl (C=O) groups excluding carboxylic acids is 1. The lowest BCUT2D eigenvalue weighted by Gasteiger charge is -2.20. The first-order valence-electron chi connectivity index (χ1n) is 19.5. The van der Waals surface area contributed by atoms with Crippen molar-refractivity contribution >= 4 is 13.8 Å². The highest BCUT2D eigenvalue weighted by Crippen LogP contribution is 2.43. The summed E-state index contributed by atoms with van der Waals surface area (Å²) >= 11 is 0. The highest BCUT2D eigenvalue weighted by molar-refractivity contribution is 7.47. The number of hydrogen-bond donors (Lipinski definition) is 3. The van der Waals surface area contributed by atoms with Gasteiger partial charge in [-0.3, -0.25) is 13.8 Å². The molecule has 0 spiro atoms. The lowest BCUT2D eigenvalue weighted by atomic mass is 10.1. The van der Waals surface area contributed by atoms with Crippen LogP contribution in [0.4, 0.5) is 0 Å². The minimum Gasteiger partial charge on any atom is -0.457 e. The third-order valence-electron chi connectivity index (χ3n) is 8.05. The third kappa shape index (κ3) is 36.3. The van der Waals surface area contributed by atoms with Crippen LogP contribution >= 0.6 is 7.82 Å². The van der Waals surface area contributed by atoms with E-state index >= 15 is 0 Å². The van der Waals surface area contributed by atoms with Gasteiger partial charge in [-0.2, -0.15) is 0 Å². The summed E-state index contributed by atoms with van der Waals surface area (Å²) in [6.45, 7) is 3.42. The lowest BCUT2D eigenvalue weighted by molar-refractivity contribution is -0.154. The van der Waals surface area contributed by atoms with Gasteiger partial charge in [0.25, 0.3) is 0 Å². The number of unbranched alkanes of at least 4 members (excludes halogenated alkanes) is 17. The Morgan fingerprint density at radius 1 is 0.633 bits per heavy atom. The zero-order valence-corrected chi connectivity index (χ0v) is 32.1. The van der Waals surface area contributed by atoms with E-state index in [0.717, 1.165) is 70.6 Å². The highest BCUT2D eigenvalue weighted by Gasteiger charge is 2.26. The van der Waals surface area contributed by atoms with Gasteiger partial charge in [0.1, 0.15) is 12.2 Å². The van der Waals surface area contributed by atoms with Crippen molar-refractivity contribution in [2.75, 3.05) is 33.0 Å². The van der Waals surface area contributed by atoms with Gasteiger partial charge >= 0.3 is 13.8 Å². The van der Waals surface area contributed by atoms with Crippen LogP contribution in [0.15, 0.2) is 36.5 Å². The monoisotopic (exact) mass is 716 g/mol. The number of phosphoric ester groups is 1. The Morgan fingerprint density at radius 3 is 1.71 bits per heavy atom. The second-order valence-corrected chi connectivity index (χ2v) is 14.4. The second kappa shape index (κ2) is 36.5. The molecule has 0 saturated heterocycles. The molecule has 0 saturated carbocycles. The Balaban J connectivity index is 4.27. The summed E-state index contributed by atoms with van der Waals surface area (Å²) < 4.78 is 33.2. The lowest BCUT2D eigenvalue weighted by Crippen LogP contribution is -2.29. The number of esters is 1. The minimum atomic E-state index is -4.52. The van der Waals surface area contributed by atoms with Gasteiger partial charge in [-0.05, 0) is 64.2 Å². The summed E-state index contributed by atoms with van der Waals surface area (Å²) in [6, 6.07) is 0. The highest BCUT2D eigenvalue weighted by atomic mass is 31.2. The zero-order chi connectivity index (χ0) is 36.1. The molecule has 0 aliphatic heterocycles. The number of aliphatic hydroxyl groups is 2. The summed E-state index contributed by atoms with van der Waals surface area (Å²) in [4.78, 5) is 22.5. The first kappa shape index (κ1) is 47.7. The van der Waals surface area contributed by atoms with E-state index in [1.807, 2.05) is 0 Å². The van der Waals surface area contributed by atoms with E-state index in [2.05, 4.69) is 50.3 Å². The van der Waals surface area contributed by atoms with E-state index < -0.39 is 39.2 Å². The van der Waals surface area contributed by atoms with Crippen molar-refractivity contribution in [3.8, 4) is 0 Å². The molecule has 0 rings (SSSR count). The Morgan fingerprint density at radius 2 is 1.12 bits per heavy atom. The van der Waals surface area contributed by atoms with Crippen LogP contribution in [-0.2, 0) is 27.9 Å². The van der Waals surface area contributed by atoms with Crippen LogP contribution in [0.5, 0.6) is 0 Å². The van der Waals surface area contributed by atoms with Crippen molar-refractivity contribution in [2.24, 2.45) is 0 Å². The van der Waals surface area contributed by atoms with Gasteiger partial charge < -0.3 is 24.6 Å². The number of ether oxygens (including phenoxy) is 2. The Kier molecular flexibility index (Phi) is 35.5. The van der Waals surface area contributed by atoms with Crippen LogP contribution in [0.2, 0.25) is 0 Å². The number of rotatable bonds is 37. The number of aliphatic hydroxyl groups excluding tert-OH is 2. The smallest absolute Gasteiger partial charge is 0.457 e. The van der Waals surface area contributed by atoms with Crippen LogP contribution in [0, 0.1) is 0 Å². The molecule has 0 aliphatic carbocycles. The van der Waals surface area contributed by atoms with E-state index in [9.17, 15) is 19.4 Å². The number of phosphoric acid groups is 1. The van der Waals surface area contributed by atoms with Gasteiger partial charge in [0.2, 0.25) is 0 Å². The maximum atomic E-state index is 12.5. The van der Waals surface area contributed by atoms with Gasteiger partial charge in [-0.25, -0.2) is 4.57 Å². The summed E-state index contributed by atoms with van der Waals surface area (Å²) in [5.74, 6) is -0.400. The SMILES string of the molecule is CCCC/C=C\C/C=C\CCCCCCCC(=O)OC(COCCCCCCCC/C=C\CCCCCC)COP(=O)(O)OCC(O)CO. The molecule has 0 heterocycles. The van der Waals surface area contributed by atoms with E-state index in [-0.39, 0.29) is 19.6 Å². The third-order valence-corrected chi connectivity index (χ3v) is 9.00. The molecule has 0 aliphatic rings. The van der Waals surface area contributed by atoms with Crippen molar-refractivity contribution < 1.29 is 43.0 Å². The van der Waals surface area contributed by atoms with E-state index in [1.165, 1.54) is 64.2 Å². The predicted molar refractivity (Wildman–Crippen MR) is 200 cm³/mol. The summed E-state index contributed by atoms with van der Waals surface area (Å²) in [5, 5.41) is 18.3. The first-order chi connectivity index (χ1) is 23.8. The standard InChI is InChI=1S/C39H73O9P/c1-3-5-7-9-11-13-15-17-19-21-23-25-27-29-31-39(42)48-38(36-47-49(43,44)46-34-37(41)33-40)35-45-32-30-28-26-24-22-20-18-16-14-12-10-8-6-4-2/h9,11,14-17,37-38,40-41H,3-8,10,12-13,18-36H2,1-2H3,(H,43,44)/b11-9-,16-14-,17-15-. The van der Waals surface area contributed by atoms with E-state index in [1.54, 1.807) is 0 Å². The molecule has 0 aromatic carbocycles. The molecule has 288 valence electrons. The van der Waals surface area contributed by atoms with Crippen LogP contribution in [0.25, 0.3) is 0 Å². The number of hydrogen-bond acceptors (Lipinski definition) is 8. The zero-order valence-electron chi connectivity index (χ0n) is 31.2. The fourth-order valence-corrected chi connectivity index (χ4v) is 5.80. The first-order valence-corrected chi connectivity index (χ1v) is 21.0. The molecular formula is C39H73O9P. The Hall–Kier alpha value is -1.32. The summed E-state index contributed by atoms with van der Waals surface area (Å²) in [7, 11) is -4.52. The van der Waals surface area contributed by atoms with Gasteiger partial charge in [0, 0.05) is 13.0 Å². The molecule has 0 aromatic rings. The predicted octanol–water partition coefficient (Wildman–Crippen LogP) is 10.1. The van der Waals surface area contributed by atoms with Crippen LogP contribution in [0.1, 0.15) is 162 Å². The average molecular weight is 717 g/mol. The van der Waals surface area contributed by atoms with Gasteiger partial charge in [-0.15, -0.1) is 0 Å². The van der Waals surface area contributed by atoms with Crippen molar-refractivity contribution in [1.29, 1.82) is 0 Å². The van der Waals surface area contributed by atoms with Gasteiger partial charge in [0.15, 0.2) is 0 Å². The molecule has 3 atom stereocenters. The normalized spacial score (nSPS) is 14.6. The molecule has 0 fully saturated rings. The largest absolute Gasteiger partial charge is 0.472 e. The van der Waals surface area contributed by atoms with Crippen molar-refractivity contribution in [1.82, 2.24) is 0 Å². The van der Waals surface area contributed by atoms with Crippen LogP contribution in [-0.4, -0.2) is 66.3 Å². The van der Waals surface area contributed by atoms with Crippen molar-refractivity contribution in [3.05, 3.63) is 36.5 Å². The molecule has 9 nitrogen and oxygen atoms in total. The van der Waals surface area contributed by atoms with Crippen molar-refractivity contribution in [2.45, 2.75) is 174 Å². The van der Waals surface area contributed by atoms with Gasteiger partial charge in [-0.1, -0.05) is 127 Å². The molecule has 0 aromatic heterocycles. The fraction of sp³-hybridized carbons (Fsp3) is 0.821. The quantitative estimate of drug-likeness (QED) is 0.0249. The molecule has 0 amide bonds. The minimum absolute atomic E-state index is 0.0395. The van der Waals surface area contributed by atoms with E-state index in [0.29, 0.717) is 13.0 Å². The van der Waals surface area contributed by atoms with E-state index in [4.69, 9.17) is 23.6 Å². The maximum absolute atomic E-state index is 12.5. The fourth-order valence-electron chi connectivity index (χ4n) is 5.01. The van der Waals surface area contributed by atoms with Gasteiger partial charge in [0.05, 0.1) is 26.4 Å². The summed E-state index contributed by atoms with van der Waals surface area (Å²) in [5.41, 5.74) is 0. The molecular weight excluding hydrogens is 643 g/mol. The van der Waals surface area contributed by atoms with Crippen molar-refractivity contribution in [3.63, 3.8) is 0 Å². The molecule has 0 bridgehead atoms. The topological polar surface area (TPSA) is 132 Å². The molecule has 10 heteroatoms. The average Bonchev–Trinajstić information content (AvgIpc) is 3.09. The molecule has 3 N–H and O–H groups in total. The Labute approximate surface area is 299 Å². The number of carbonyl (C=O) groups is 1. The Bertz CT molecular complexity index is 861. The summed E-state index contributed by atoms with van der Waals surface area (Å²) in [6.07, 6.45) is 36.7.